The van der Waals surface area contributed by atoms with Crippen LogP contribution in [-0.4, -0.2) is 32.6 Å². The van der Waals surface area contributed by atoms with Crippen molar-refractivity contribution in [3.63, 3.8) is 0 Å². The lowest BCUT2D eigenvalue weighted by molar-refractivity contribution is -0.144. The van der Waals surface area contributed by atoms with Crippen molar-refractivity contribution in [2.24, 2.45) is 0 Å². The molecule has 136 valence electrons. The van der Waals surface area contributed by atoms with E-state index in [1.165, 1.54) is 4.68 Å². The minimum Gasteiger partial charge on any atom is -0.465 e. The molecular formula is C16H12ClF3N4O2. The number of carbonyl (C=O) groups is 1. The standard InChI is InChI=1S/C16H12ClF3N4O2/c1-2-26-14(25)8-24-13-4-3-9(5-12(13)22-23-24)15-11(17)6-10(7-21-15)16(18,19)20/h3-7H,2,8H2,1H3. The summed E-state index contributed by atoms with van der Waals surface area (Å²) in [7, 11) is 0. The molecule has 0 aliphatic carbocycles. The minimum absolute atomic E-state index is 0.0943. The molecule has 0 saturated carbocycles. The van der Waals surface area contributed by atoms with Gasteiger partial charge < -0.3 is 4.74 Å². The third kappa shape index (κ3) is 3.62. The predicted octanol–water partition coefficient (Wildman–Crippen LogP) is 3.73. The molecule has 0 aliphatic rings. The monoisotopic (exact) mass is 384 g/mol. The second kappa shape index (κ2) is 6.91. The molecule has 0 saturated heterocycles. The van der Waals surface area contributed by atoms with Crippen LogP contribution >= 0.6 is 11.6 Å². The van der Waals surface area contributed by atoms with Crippen LogP contribution in [0.3, 0.4) is 0 Å². The highest BCUT2D eigenvalue weighted by atomic mass is 35.5. The Kier molecular flexibility index (Phi) is 4.82. The lowest BCUT2D eigenvalue weighted by Crippen LogP contribution is -2.14. The summed E-state index contributed by atoms with van der Waals surface area (Å²) in [6, 6.07) is 5.67. The van der Waals surface area contributed by atoms with Crippen LogP contribution in [0, 0.1) is 0 Å². The van der Waals surface area contributed by atoms with Crippen LogP contribution in [0.15, 0.2) is 30.5 Å². The molecule has 0 aliphatic heterocycles. The van der Waals surface area contributed by atoms with Gasteiger partial charge in [-0.1, -0.05) is 22.9 Å². The van der Waals surface area contributed by atoms with Gasteiger partial charge in [0.15, 0.2) is 0 Å². The Morgan fingerprint density at radius 1 is 1.31 bits per heavy atom. The van der Waals surface area contributed by atoms with Crippen LogP contribution in [-0.2, 0) is 22.3 Å². The van der Waals surface area contributed by atoms with E-state index in [4.69, 9.17) is 16.3 Å². The van der Waals surface area contributed by atoms with E-state index in [0.717, 1.165) is 12.3 Å². The topological polar surface area (TPSA) is 69.9 Å². The number of pyridine rings is 1. The van der Waals surface area contributed by atoms with E-state index < -0.39 is 17.7 Å². The summed E-state index contributed by atoms with van der Waals surface area (Å²) < 4.78 is 44.4. The number of alkyl halides is 3. The van der Waals surface area contributed by atoms with E-state index in [2.05, 4.69) is 15.3 Å². The molecule has 2 aromatic heterocycles. The first-order chi connectivity index (χ1) is 12.3. The van der Waals surface area contributed by atoms with Crippen molar-refractivity contribution in [2.45, 2.75) is 19.6 Å². The predicted molar refractivity (Wildman–Crippen MR) is 87.4 cm³/mol. The van der Waals surface area contributed by atoms with Crippen molar-refractivity contribution < 1.29 is 22.7 Å². The van der Waals surface area contributed by atoms with E-state index in [-0.39, 0.29) is 23.9 Å². The fraction of sp³-hybridized carbons (Fsp3) is 0.250. The third-order valence-electron chi connectivity index (χ3n) is 3.54. The van der Waals surface area contributed by atoms with Gasteiger partial charge in [-0.15, -0.1) is 5.10 Å². The molecule has 10 heteroatoms. The van der Waals surface area contributed by atoms with Gasteiger partial charge in [0.05, 0.1) is 28.4 Å². The molecular weight excluding hydrogens is 373 g/mol. The Morgan fingerprint density at radius 2 is 2.08 bits per heavy atom. The number of carbonyl (C=O) groups excluding carboxylic acids is 1. The Hall–Kier alpha value is -2.68. The Labute approximate surface area is 150 Å². The second-order valence-electron chi connectivity index (χ2n) is 5.31. The molecule has 2 heterocycles. The van der Waals surface area contributed by atoms with E-state index in [1.54, 1.807) is 25.1 Å². The summed E-state index contributed by atoms with van der Waals surface area (Å²) in [4.78, 5) is 15.4. The molecule has 26 heavy (non-hydrogen) atoms. The van der Waals surface area contributed by atoms with E-state index in [9.17, 15) is 18.0 Å². The number of rotatable bonds is 4. The number of aromatic nitrogens is 4. The van der Waals surface area contributed by atoms with Crippen LogP contribution in [0.4, 0.5) is 13.2 Å². The highest BCUT2D eigenvalue weighted by molar-refractivity contribution is 6.33. The molecule has 0 fully saturated rings. The largest absolute Gasteiger partial charge is 0.465 e. The molecule has 3 aromatic rings. The van der Waals surface area contributed by atoms with Crippen LogP contribution in [0.2, 0.25) is 5.02 Å². The first kappa shape index (κ1) is 18.1. The molecule has 1 aromatic carbocycles. The quantitative estimate of drug-likeness (QED) is 0.641. The zero-order valence-corrected chi connectivity index (χ0v) is 14.2. The molecule has 0 spiro atoms. The zero-order valence-electron chi connectivity index (χ0n) is 13.4. The molecule has 0 radical (unpaired) electrons. The lowest BCUT2D eigenvalue weighted by atomic mass is 10.1. The average Bonchev–Trinajstić information content (AvgIpc) is 2.96. The van der Waals surface area contributed by atoms with Gasteiger partial charge in [-0.2, -0.15) is 13.2 Å². The maximum atomic E-state index is 12.7. The molecule has 6 nitrogen and oxygen atoms in total. The van der Waals surface area contributed by atoms with Crippen molar-refractivity contribution >= 4 is 28.6 Å². The number of fused-ring (bicyclic) bond motifs is 1. The van der Waals surface area contributed by atoms with E-state index in [0.29, 0.717) is 16.6 Å². The van der Waals surface area contributed by atoms with Gasteiger partial charge >= 0.3 is 12.1 Å². The van der Waals surface area contributed by atoms with E-state index in [1.807, 2.05) is 0 Å². The van der Waals surface area contributed by atoms with Crippen LogP contribution in [0.25, 0.3) is 22.3 Å². The normalized spacial score (nSPS) is 11.7. The van der Waals surface area contributed by atoms with Gasteiger partial charge in [-0.3, -0.25) is 9.78 Å². The number of ether oxygens (including phenoxy) is 1. The fourth-order valence-corrected chi connectivity index (χ4v) is 2.65. The molecule has 0 N–H and O–H groups in total. The van der Waals surface area contributed by atoms with Crippen LogP contribution in [0.1, 0.15) is 12.5 Å². The average molecular weight is 385 g/mol. The number of hydrogen-bond acceptors (Lipinski definition) is 5. The summed E-state index contributed by atoms with van der Waals surface area (Å²) in [6.45, 7) is 1.86. The highest BCUT2D eigenvalue weighted by Crippen LogP contribution is 2.34. The summed E-state index contributed by atoms with van der Waals surface area (Å²) in [5.41, 5.74) is 0.781. The van der Waals surface area contributed by atoms with E-state index >= 15 is 0 Å². The van der Waals surface area contributed by atoms with Gasteiger partial charge in [-0.05, 0) is 25.1 Å². The summed E-state index contributed by atoms with van der Waals surface area (Å²) in [5, 5.41) is 7.72. The van der Waals surface area contributed by atoms with Crippen molar-refractivity contribution in [3.8, 4) is 11.3 Å². The third-order valence-corrected chi connectivity index (χ3v) is 3.83. The SMILES string of the molecule is CCOC(=O)Cn1nnc2cc(-c3ncc(C(F)(F)F)cc3Cl)ccc21. The fourth-order valence-electron chi connectivity index (χ4n) is 2.37. The van der Waals surface area contributed by atoms with Gasteiger partial charge in [0.1, 0.15) is 12.1 Å². The zero-order chi connectivity index (χ0) is 18.9. The number of hydrogen-bond donors (Lipinski definition) is 0. The van der Waals surface area contributed by atoms with Crippen LogP contribution in [0.5, 0.6) is 0 Å². The second-order valence-corrected chi connectivity index (χ2v) is 5.71. The van der Waals surface area contributed by atoms with Crippen molar-refractivity contribution in [1.82, 2.24) is 20.0 Å². The first-order valence-electron chi connectivity index (χ1n) is 7.51. The van der Waals surface area contributed by atoms with Crippen molar-refractivity contribution in [3.05, 3.63) is 41.0 Å². The molecule has 0 amide bonds. The van der Waals surface area contributed by atoms with Crippen LogP contribution < -0.4 is 0 Å². The maximum Gasteiger partial charge on any atom is 0.417 e. The Morgan fingerprint density at radius 3 is 2.73 bits per heavy atom. The maximum absolute atomic E-state index is 12.7. The summed E-state index contributed by atoms with van der Waals surface area (Å²) in [5.74, 6) is -0.448. The Bertz CT molecular complexity index is 972. The number of nitrogens with zero attached hydrogens (tertiary/aromatic N) is 4. The minimum atomic E-state index is -4.52. The smallest absolute Gasteiger partial charge is 0.417 e. The summed E-state index contributed by atoms with van der Waals surface area (Å²) in [6.07, 6.45) is -3.79. The van der Waals surface area contributed by atoms with Gasteiger partial charge in [0.25, 0.3) is 0 Å². The lowest BCUT2D eigenvalue weighted by Gasteiger charge is -2.09. The number of halogens is 4. The highest BCUT2D eigenvalue weighted by Gasteiger charge is 2.31. The number of benzene rings is 1. The Balaban J connectivity index is 1.94. The number of esters is 1. The van der Waals surface area contributed by atoms with Gasteiger partial charge in [0, 0.05) is 11.8 Å². The molecule has 3 rings (SSSR count). The molecule has 0 unspecified atom stereocenters. The first-order valence-corrected chi connectivity index (χ1v) is 7.89. The summed E-state index contributed by atoms with van der Waals surface area (Å²) >= 11 is 5.97. The van der Waals surface area contributed by atoms with Crippen molar-refractivity contribution in [1.29, 1.82) is 0 Å². The molecule has 0 atom stereocenters. The molecule has 0 bridgehead atoms. The van der Waals surface area contributed by atoms with Gasteiger partial charge in [-0.25, -0.2) is 4.68 Å². The van der Waals surface area contributed by atoms with Gasteiger partial charge in [0.2, 0.25) is 0 Å². The van der Waals surface area contributed by atoms with Crippen molar-refractivity contribution in [2.75, 3.05) is 6.61 Å².